The lowest BCUT2D eigenvalue weighted by Crippen LogP contribution is -2.48. The molecular weight excluding hydrogens is 178 g/mol. The second kappa shape index (κ2) is 5.69. The van der Waals surface area contributed by atoms with E-state index in [1.54, 1.807) is 0 Å². The molecule has 84 valence electrons. The summed E-state index contributed by atoms with van der Waals surface area (Å²) in [5.74, 6) is 0. The summed E-state index contributed by atoms with van der Waals surface area (Å²) in [5.41, 5.74) is -0.124. The third kappa shape index (κ3) is 3.56. The Labute approximate surface area is 86.8 Å². The lowest BCUT2D eigenvalue weighted by Gasteiger charge is -2.29. The number of hydrogen-bond acceptors (Lipinski definition) is 3. The monoisotopic (exact) mass is 201 g/mol. The molecule has 0 radical (unpaired) electrons. The van der Waals surface area contributed by atoms with E-state index in [4.69, 9.17) is 4.74 Å². The summed E-state index contributed by atoms with van der Waals surface area (Å²) in [7, 11) is 0. The molecule has 0 aliphatic carbocycles. The smallest absolute Gasteiger partial charge is 0.0700 e. The van der Waals surface area contributed by atoms with Crippen molar-refractivity contribution in [3.63, 3.8) is 0 Å². The molecular formula is C11H23NO2. The van der Waals surface area contributed by atoms with Gasteiger partial charge in [0, 0.05) is 18.7 Å². The minimum Gasteiger partial charge on any atom is -0.394 e. The van der Waals surface area contributed by atoms with E-state index in [1.807, 2.05) is 0 Å². The summed E-state index contributed by atoms with van der Waals surface area (Å²) in [6.07, 6.45) is 4.79. The predicted molar refractivity (Wildman–Crippen MR) is 57.4 cm³/mol. The van der Waals surface area contributed by atoms with Crippen molar-refractivity contribution in [2.24, 2.45) is 0 Å². The molecule has 0 bridgehead atoms. The van der Waals surface area contributed by atoms with Crippen LogP contribution in [0.5, 0.6) is 0 Å². The maximum absolute atomic E-state index is 9.29. The minimum atomic E-state index is -0.124. The Balaban J connectivity index is 2.25. The standard InChI is InChI=1S/C11H23NO2/c1-3-6-11(2,9-13)12-8-10-5-4-7-14-10/h10,12-13H,3-9H2,1-2H3. The molecule has 2 atom stereocenters. The van der Waals surface area contributed by atoms with E-state index in [0.29, 0.717) is 6.10 Å². The van der Waals surface area contributed by atoms with Gasteiger partial charge in [-0.05, 0) is 26.2 Å². The third-order valence-electron chi connectivity index (χ3n) is 2.93. The Bertz CT molecular complexity index is 157. The maximum atomic E-state index is 9.29. The summed E-state index contributed by atoms with van der Waals surface area (Å²) in [6.45, 7) is 6.19. The second-order valence-corrected chi connectivity index (χ2v) is 4.48. The SMILES string of the molecule is CCCC(C)(CO)NCC1CCCO1. The molecule has 0 aromatic carbocycles. The Kier molecular flexibility index (Phi) is 4.85. The fourth-order valence-corrected chi connectivity index (χ4v) is 1.94. The Hall–Kier alpha value is -0.120. The van der Waals surface area contributed by atoms with E-state index in [9.17, 15) is 5.11 Å². The second-order valence-electron chi connectivity index (χ2n) is 4.48. The summed E-state index contributed by atoms with van der Waals surface area (Å²) in [5, 5.41) is 12.7. The summed E-state index contributed by atoms with van der Waals surface area (Å²) >= 11 is 0. The molecule has 14 heavy (non-hydrogen) atoms. The molecule has 0 aromatic heterocycles. The van der Waals surface area contributed by atoms with Crippen molar-refractivity contribution in [3.8, 4) is 0 Å². The average molecular weight is 201 g/mol. The molecule has 2 unspecified atom stereocenters. The van der Waals surface area contributed by atoms with Gasteiger partial charge in [0.2, 0.25) is 0 Å². The van der Waals surface area contributed by atoms with Gasteiger partial charge in [-0.2, -0.15) is 0 Å². The highest BCUT2D eigenvalue weighted by atomic mass is 16.5. The fraction of sp³-hybridized carbons (Fsp3) is 1.00. The number of ether oxygens (including phenoxy) is 1. The molecule has 1 fully saturated rings. The van der Waals surface area contributed by atoms with Crippen molar-refractivity contribution in [2.75, 3.05) is 19.8 Å². The van der Waals surface area contributed by atoms with E-state index in [-0.39, 0.29) is 12.1 Å². The van der Waals surface area contributed by atoms with Gasteiger partial charge in [-0.15, -0.1) is 0 Å². The number of aliphatic hydroxyl groups is 1. The van der Waals surface area contributed by atoms with Gasteiger partial charge in [0.25, 0.3) is 0 Å². The minimum absolute atomic E-state index is 0.124. The highest BCUT2D eigenvalue weighted by molar-refractivity contribution is 4.83. The predicted octanol–water partition coefficient (Wildman–Crippen LogP) is 1.31. The molecule has 3 nitrogen and oxygen atoms in total. The fourth-order valence-electron chi connectivity index (χ4n) is 1.94. The van der Waals surface area contributed by atoms with Crippen LogP contribution in [0.15, 0.2) is 0 Å². The van der Waals surface area contributed by atoms with Crippen LogP contribution in [0.3, 0.4) is 0 Å². The number of aliphatic hydroxyl groups excluding tert-OH is 1. The van der Waals surface area contributed by atoms with Crippen LogP contribution in [0.1, 0.15) is 39.5 Å². The van der Waals surface area contributed by atoms with Gasteiger partial charge >= 0.3 is 0 Å². The van der Waals surface area contributed by atoms with Crippen LogP contribution in [0.2, 0.25) is 0 Å². The first kappa shape index (κ1) is 12.0. The van der Waals surface area contributed by atoms with Gasteiger partial charge in [0.05, 0.1) is 12.7 Å². The van der Waals surface area contributed by atoms with Crippen molar-refractivity contribution < 1.29 is 9.84 Å². The number of rotatable bonds is 6. The molecule has 3 heteroatoms. The first-order chi connectivity index (χ1) is 6.70. The van der Waals surface area contributed by atoms with Gasteiger partial charge < -0.3 is 15.2 Å². The first-order valence-electron chi connectivity index (χ1n) is 5.67. The normalized spacial score (nSPS) is 26.4. The Morgan fingerprint density at radius 3 is 2.86 bits per heavy atom. The largest absolute Gasteiger partial charge is 0.394 e. The van der Waals surface area contributed by atoms with Gasteiger partial charge in [-0.25, -0.2) is 0 Å². The summed E-state index contributed by atoms with van der Waals surface area (Å²) in [4.78, 5) is 0. The summed E-state index contributed by atoms with van der Waals surface area (Å²) < 4.78 is 5.53. The highest BCUT2D eigenvalue weighted by Gasteiger charge is 2.24. The van der Waals surface area contributed by atoms with Crippen LogP contribution in [0.4, 0.5) is 0 Å². The van der Waals surface area contributed by atoms with Crippen LogP contribution < -0.4 is 5.32 Å². The molecule has 2 N–H and O–H groups in total. The van der Waals surface area contributed by atoms with E-state index < -0.39 is 0 Å². The quantitative estimate of drug-likeness (QED) is 0.681. The van der Waals surface area contributed by atoms with Crippen molar-refractivity contribution in [3.05, 3.63) is 0 Å². The van der Waals surface area contributed by atoms with Crippen LogP contribution in [0.25, 0.3) is 0 Å². The Morgan fingerprint density at radius 2 is 2.36 bits per heavy atom. The first-order valence-corrected chi connectivity index (χ1v) is 5.67. The Morgan fingerprint density at radius 1 is 1.57 bits per heavy atom. The van der Waals surface area contributed by atoms with Crippen molar-refractivity contribution in [1.29, 1.82) is 0 Å². The molecule has 0 saturated carbocycles. The zero-order valence-electron chi connectivity index (χ0n) is 9.38. The van der Waals surface area contributed by atoms with Crippen molar-refractivity contribution in [1.82, 2.24) is 5.32 Å². The molecule has 1 rings (SSSR count). The van der Waals surface area contributed by atoms with E-state index in [1.165, 1.54) is 6.42 Å². The van der Waals surface area contributed by atoms with Gasteiger partial charge in [0.1, 0.15) is 0 Å². The molecule has 0 spiro atoms. The van der Waals surface area contributed by atoms with Gasteiger partial charge in [-0.3, -0.25) is 0 Å². The van der Waals surface area contributed by atoms with Crippen molar-refractivity contribution in [2.45, 2.75) is 51.2 Å². The van der Waals surface area contributed by atoms with Gasteiger partial charge in [-0.1, -0.05) is 13.3 Å². The van der Waals surface area contributed by atoms with Crippen molar-refractivity contribution >= 4 is 0 Å². The number of hydrogen-bond donors (Lipinski definition) is 2. The van der Waals surface area contributed by atoms with Crippen LogP contribution in [0, 0.1) is 0 Å². The van der Waals surface area contributed by atoms with E-state index in [0.717, 1.165) is 32.4 Å². The molecule has 1 heterocycles. The van der Waals surface area contributed by atoms with Crippen LogP contribution >= 0.6 is 0 Å². The molecule has 1 aliphatic rings. The molecule has 1 aliphatic heterocycles. The average Bonchev–Trinajstić information content (AvgIpc) is 2.68. The van der Waals surface area contributed by atoms with E-state index >= 15 is 0 Å². The third-order valence-corrected chi connectivity index (χ3v) is 2.93. The zero-order valence-corrected chi connectivity index (χ0v) is 9.38. The molecule has 1 saturated heterocycles. The summed E-state index contributed by atoms with van der Waals surface area (Å²) in [6, 6.07) is 0. The van der Waals surface area contributed by atoms with Crippen LogP contribution in [-0.4, -0.2) is 36.5 Å². The van der Waals surface area contributed by atoms with Gasteiger partial charge in [0.15, 0.2) is 0 Å². The lowest BCUT2D eigenvalue weighted by atomic mass is 9.97. The maximum Gasteiger partial charge on any atom is 0.0700 e. The molecule has 0 amide bonds. The van der Waals surface area contributed by atoms with Crippen LogP contribution in [-0.2, 0) is 4.74 Å². The highest BCUT2D eigenvalue weighted by Crippen LogP contribution is 2.15. The zero-order chi connectivity index (χ0) is 10.4. The number of nitrogens with one attached hydrogen (secondary N) is 1. The lowest BCUT2D eigenvalue weighted by molar-refractivity contribution is 0.0892. The topological polar surface area (TPSA) is 41.5 Å². The molecule has 0 aromatic rings. The van der Waals surface area contributed by atoms with E-state index in [2.05, 4.69) is 19.2 Å².